The maximum atomic E-state index is 12.2. The molecule has 0 unspecified atom stereocenters. The summed E-state index contributed by atoms with van der Waals surface area (Å²) in [5.74, 6) is 1.38. The summed E-state index contributed by atoms with van der Waals surface area (Å²) in [6.07, 6.45) is 6.64. The van der Waals surface area contributed by atoms with Gasteiger partial charge in [0.25, 0.3) is 0 Å². The number of aromatic nitrogens is 3. The van der Waals surface area contributed by atoms with Crippen molar-refractivity contribution in [3.05, 3.63) is 40.7 Å². The molecule has 1 fully saturated rings. The van der Waals surface area contributed by atoms with Crippen LogP contribution in [0.15, 0.2) is 29.4 Å². The summed E-state index contributed by atoms with van der Waals surface area (Å²) in [5, 5.41) is 13.3. The van der Waals surface area contributed by atoms with Gasteiger partial charge in [-0.25, -0.2) is 0 Å². The largest absolute Gasteiger partial charge is 0.353 e. The number of carbonyl (C=O) groups is 1. The Morgan fingerprint density at radius 3 is 2.65 bits per heavy atom. The maximum absolute atomic E-state index is 12.2. The minimum atomic E-state index is 0.0896. The number of nitrogens with zero attached hydrogens (tertiary/aromatic N) is 3. The van der Waals surface area contributed by atoms with Crippen LogP contribution in [0.3, 0.4) is 0 Å². The Kier molecular flexibility index (Phi) is 6.97. The first-order chi connectivity index (χ1) is 12.7. The van der Waals surface area contributed by atoms with Crippen LogP contribution in [0.5, 0.6) is 0 Å². The van der Waals surface area contributed by atoms with Gasteiger partial charge < -0.3 is 9.88 Å². The van der Waals surface area contributed by atoms with Crippen LogP contribution in [-0.2, 0) is 17.8 Å². The molecule has 7 heteroatoms. The number of carbonyl (C=O) groups excluding carboxylic acids is 1. The Labute approximate surface area is 163 Å². The fourth-order valence-corrected chi connectivity index (χ4v) is 4.26. The average molecular weight is 393 g/mol. The Balaban J connectivity index is 1.57. The monoisotopic (exact) mass is 392 g/mol. The van der Waals surface area contributed by atoms with Crippen LogP contribution in [0.25, 0.3) is 0 Å². The molecule has 1 aromatic carbocycles. The number of thioether (sulfide) groups is 1. The molecule has 1 heterocycles. The van der Waals surface area contributed by atoms with Gasteiger partial charge in [0.05, 0.1) is 5.75 Å². The van der Waals surface area contributed by atoms with Crippen LogP contribution in [0.2, 0.25) is 5.02 Å². The molecular formula is C19H25ClN4OS. The number of benzene rings is 1. The fourth-order valence-electron chi connectivity index (χ4n) is 3.31. The molecule has 1 aliphatic rings. The van der Waals surface area contributed by atoms with Gasteiger partial charge in [-0.3, -0.25) is 4.79 Å². The van der Waals surface area contributed by atoms with Gasteiger partial charge in [0.15, 0.2) is 5.16 Å². The van der Waals surface area contributed by atoms with E-state index in [0.29, 0.717) is 18.2 Å². The van der Waals surface area contributed by atoms with E-state index in [1.807, 2.05) is 24.3 Å². The summed E-state index contributed by atoms with van der Waals surface area (Å²) < 4.78 is 2.08. The van der Waals surface area contributed by atoms with Crippen LogP contribution < -0.4 is 5.32 Å². The molecule has 1 saturated carbocycles. The molecule has 0 saturated heterocycles. The topological polar surface area (TPSA) is 59.8 Å². The normalized spacial score (nSPS) is 15.2. The maximum Gasteiger partial charge on any atom is 0.230 e. The van der Waals surface area contributed by atoms with E-state index in [9.17, 15) is 4.79 Å². The van der Waals surface area contributed by atoms with Crippen LogP contribution >= 0.6 is 23.4 Å². The standard InChI is InChI=1S/C19H25ClN4OS/c1-2-24-17(12-14-8-10-15(20)11-9-14)22-23-19(24)26-13-18(25)21-16-6-4-3-5-7-16/h8-11,16H,2-7,12-13H2,1H3,(H,21,25). The van der Waals surface area contributed by atoms with Crippen molar-refractivity contribution < 1.29 is 4.79 Å². The third-order valence-corrected chi connectivity index (χ3v) is 5.91. The SMILES string of the molecule is CCn1c(Cc2ccc(Cl)cc2)nnc1SCC(=O)NC1CCCCC1. The predicted molar refractivity (Wildman–Crippen MR) is 106 cm³/mol. The van der Waals surface area contributed by atoms with E-state index in [-0.39, 0.29) is 5.91 Å². The highest BCUT2D eigenvalue weighted by atomic mass is 35.5. The average Bonchev–Trinajstić information content (AvgIpc) is 3.04. The second kappa shape index (κ2) is 9.42. The molecule has 0 spiro atoms. The van der Waals surface area contributed by atoms with Crippen molar-refractivity contribution in [3.8, 4) is 0 Å². The molecule has 1 N–H and O–H groups in total. The van der Waals surface area contributed by atoms with E-state index in [2.05, 4.69) is 27.0 Å². The van der Waals surface area contributed by atoms with Crippen molar-refractivity contribution in [1.82, 2.24) is 20.1 Å². The first kappa shape index (κ1) is 19.2. The van der Waals surface area contributed by atoms with Crippen molar-refractivity contribution in [2.75, 3.05) is 5.75 Å². The van der Waals surface area contributed by atoms with E-state index < -0.39 is 0 Å². The number of amides is 1. The van der Waals surface area contributed by atoms with Crippen LogP contribution in [-0.4, -0.2) is 32.5 Å². The first-order valence-corrected chi connectivity index (χ1v) is 10.6. The lowest BCUT2D eigenvalue weighted by atomic mass is 9.95. The van der Waals surface area contributed by atoms with E-state index in [0.717, 1.165) is 41.0 Å². The van der Waals surface area contributed by atoms with E-state index in [1.165, 1.54) is 31.0 Å². The highest BCUT2D eigenvalue weighted by Gasteiger charge is 2.17. The zero-order chi connectivity index (χ0) is 18.4. The lowest BCUT2D eigenvalue weighted by Gasteiger charge is -2.22. The quantitative estimate of drug-likeness (QED) is 0.721. The summed E-state index contributed by atoms with van der Waals surface area (Å²) >= 11 is 7.40. The van der Waals surface area contributed by atoms with E-state index in [4.69, 9.17) is 11.6 Å². The van der Waals surface area contributed by atoms with Crippen molar-refractivity contribution >= 4 is 29.3 Å². The second-order valence-corrected chi connectivity index (χ2v) is 8.02. The Morgan fingerprint density at radius 2 is 1.96 bits per heavy atom. The van der Waals surface area contributed by atoms with Gasteiger partial charge in [0.1, 0.15) is 5.82 Å². The predicted octanol–water partition coefficient (Wildman–Crippen LogP) is 4.08. The molecule has 1 aliphatic carbocycles. The van der Waals surface area contributed by atoms with Crippen molar-refractivity contribution in [1.29, 1.82) is 0 Å². The molecule has 140 valence electrons. The number of hydrogen-bond donors (Lipinski definition) is 1. The van der Waals surface area contributed by atoms with E-state index in [1.54, 1.807) is 0 Å². The molecule has 1 aromatic heterocycles. The Hall–Kier alpha value is -1.53. The lowest BCUT2D eigenvalue weighted by molar-refractivity contribution is -0.119. The molecule has 5 nitrogen and oxygen atoms in total. The highest BCUT2D eigenvalue weighted by molar-refractivity contribution is 7.99. The van der Waals surface area contributed by atoms with Crippen LogP contribution in [0.1, 0.15) is 50.4 Å². The molecule has 3 rings (SSSR count). The first-order valence-electron chi connectivity index (χ1n) is 9.24. The van der Waals surface area contributed by atoms with Crippen molar-refractivity contribution in [2.45, 2.75) is 63.2 Å². The molecule has 0 bridgehead atoms. The van der Waals surface area contributed by atoms with Gasteiger partial charge in [-0.05, 0) is 37.5 Å². The van der Waals surface area contributed by atoms with Gasteiger partial charge in [0, 0.05) is 24.0 Å². The highest BCUT2D eigenvalue weighted by Crippen LogP contribution is 2.21. The molecule has 0 atom stereocenters. The zero-order valence-electron chi connectivity index (χ0n) is 15.1. The minimum absolute atomic E-state index is 0.0896. The molecule has 1 amide bonds. The molecule has 26 heavy (non-hydrogen) atoms. The van der Waals surface area contributed by atoms with Gasteiger partial charge >= 0.3 is 0 Å². The smallest absolute Gasteiger partial charge is 0.230 e. The number of hydrogen-bond acceptors (Lipinski definition) is 4. The van der Waals surface area contributed by atoms with Gasteiger partial charge in [-0.2, -0.15) is 0 Å². The van der Waals surface area contributed by atoms with Crippen LogP contribution in [0.4, 0.5) is 0 Å². The van der Waals surface area contributed by atoms with Crippen LogP contribution in [0, 0.1) is 0 Å². The molecule has 0 radical (unpaired) electrons. The number of rotatable bonds is 7. The fraction of sp³-hybridized carbons (Fsp3) is 0.526. The lowest BCUT2D eigenvalue weighted by Crippen LogP contribution is -2.37. The summed E-state index contributed by atoms with van der Waals surface area (Å²) in [7, 11) is 0. The summed E-state index contributed by atoms with van der Waals surface area (Å²) in [6, 6.07) is 8.12. The third-order valence-electron chi connectivity index (χ3n) is 4.69. The summed E-state index contributed by atoms with van der Waals surface area (Å²) in [5.41, 5.74) is 1.14. The van der Waals surface area contributed by atoms with Gasteiger partial charge in [-0.15, -0.1) is 10.2 Å². The Bertz CT molecular complexity index is 726. The minimum Gasteiger partial charge on any atom is -0.353 e. The summed E-state index contributed by atoms with van der Waals surface area (Å²) in [4.78, 5) is 12.2. The second-order valence-electron chi connectivity index (χ2n) is 6.64. The molecular weight excluding hydrogens is 368 g/mol. The van der Waals surface area contributed by atoms with Crippen molar-refractivity contribution in [3.63, 3.8) is 0 Å². The van der Waals surface area contributed by atoms with Gasteiger partial charge in [-0.1, -0.05) is 54.8 Å². The molecule has 2 aromatic rings. The zero-order valence-corrected chi connectivity index (χ0v) is 16.7. The van der Waals surface area contributed by atoms with E-state index >= 15 is 0 Å². The number of nitrogens with one attached hydrogen (secondary N) is 1. The molecule has 0 aliphatic heterocycles. The van der Waals surface area contributed by atoms with Crippen molar-refractivity contribution in [2.24, 2.45) is 0 Å². The van der Waals surface area contributed by atoms with Gasteiger partial charge in [0.2, 0.25) is 5.91 Å². The number of halogens is 1. The summed E-state index contributed by atoms with van der Waals surface area (Å²) in [6.45, 7) is 2.85. The Morgan fingerprint density at radius 1 is 1.23 bits per heavy atom. The third kappa shape index (κ3) is 5.24.